The molecule has 0 aliphatic carbocycles. The van der Waals surface area contributed by atoms with E-state index in [1.54, 1.807) is 6.07 Å². The van der Waals surface area contributed by atoms with Crippen molar-refractivity contribution in [2.24, 2.45) is 0 Å². The Hall–Kier alpha value is -1.96. The molecule has 0 radical (unpaired) electrons. The fraction of sp³-hybridized carbons (Fsp3) is 0.368. The highest BCUT2D eigenvalue weighted by Crippen LogP contribution is 2.26. The van der Waals surface area contributed by atoms with Gasteiger partial charge in [0.2, 0.25) is 0 Å². The van der Waals surface area contributed by atoms with Crippen molar-refractivity contribution in [2.75, 3.05) is 0 Å². The van der Waals surface area contributed by atoms with Crippen molar-refractivity contribution in [3.8, 4) is 11.5 Å². The van der Waals surface area contributed by atoms with Gasteiger partial charge in [0.1, 0.15) is 17.6 Å². The number of phenolic OH excluding ortho intramolecular Hbond substituents is 1. The third-order valence-corrected chi connectivity index (χ3v) is 3.79. The topological polar surface area (TPSA) is 29.5 Å². The highest BCUT2D eigenvalue weighted by molar-refractivity contribution is 5.40. The van der Waals surface area contributed by atoms with Crippen LogP contribution >= 0.6 is 0 Å². The van der Waals surface area contributed by atoms with Gasteiger partial charge >= 0.3 is 0 Å². The second kappa shape index (κ2) is 7.16. The summed E-state index contributed by atoms with van der Waals surface area (Å²) in [4.78, 5) is 0. The van der Waals surface area contributed by atoms with Gasteiger partial charge < -0.3 is 9.84 Å². The Morgan fingerprint density at radius 2 is 1.67 bits per heavy atom. The largest absolute Gasteiger partial charge is 0.508 e. The van der Waals surface area contributed by atoms with Crippen LogP contribution in [0, 0.1) is 0 Å². The lowest BCUT2D eigenvalue weighted by molar-refractivity contribution is 0.218. The summed E-state index contributed by atoms with van der Waals surface area (Å²) >= 11 is 0. The molecule has 0 spiro atoms. The van der Waals surface area contributed by atoms with E-state index >= 15 is 0 Å². The van der Waals surface area contributed by atoms with E-state index in [2.05, 4.69) is 26.0 Å². The molecule has 0 saturated carbocycles. The van der Waals surface area contributed by atoms with Crippen molar-refractivity contribution in [1.82, 2.24) is 0 Å². The summed E-state index contributed by atoms with van der Waals surface area (Å²) in [6.45, 7) is 6.38. The predicted molar refractivity (Wildman–Crippen MR) is 87.1 cm³/mol. The van der Waals surface area contributed by atoms with Crippen molar-refractivity contribution >= 4 is 0 Å². The number of phenols is 1. The van der Waals surface area contributed by atoms with Crippen molar-refractivity contribution in [2.45, 2.75) is 46.1 Å². The lowest BCUT2D eigenvalue weighted by Crippen LogP contribution is -2.16. The molecule has 0 aliphatic rings. The average Bonchev–Trinajstić information content (AvgIpc) is 2.49. The maximum absolute atomic E-state index is 9.85. The van der Waals surface area contributed by atoms with E-state index in [4.69, 9.17) is 4.74 Å². The van der Waals surface area contributed by atoms with Gasteiger partial charge in [0.05, 0.1) is 0 Å². The van der Waals surface area contributed by atoms with Gasteiger partial charge in [-0.2, -0.15) is 0 Å². The van der Waals surface area contributed by atoms with Crippen molar-refractivity contribution in [3.63, 3.8) is 0 Å². The molecule has 0 bridgehead atoms. The Morgan fingerprint density at radius 1 is 0.952 bits per heavy atom. The second-order valence-electron chi connectivity index (χ2n) is 5.36. The molecule has 2 nitrogen and oxygen atoms in total. The third kappa shape index (κ3) is 3.78. The van der Waals surface area contributed by atoms with E-state index in [1.807, 2.05) is 31.2 Å². The summed E-state index contributed by atoms with van der Waals surface area (Å²) in [5.41, 5.74) is 3.57. The second-order valence-corrected chi connectivity index (χ2v) is 5.36. The zero-order valence-electron chi connectivity index (χ0n) is 13.1. The minimum Gasteiger partial charge on any atom is -0.508 e. The standard InChI is InChI=1S/C19H24O2/c1-4-15-10-8-12-19(17(15)5-2)21-14(3)13-16-9-6-7-11-18(16)20/h6-12,14,20H,4-5,13H2,1-3H3. The van der Waals surface area contributed by atoms with E-state index < -0.39 is 0 Å². The maximum Gasteiger partial charge on any atom is 0.123 e. The van der Waals surface area contributed by atoms with Gasteiger partial charge in [0.15, 0.2) is 0 Å². The Kier molecular flexibility index (Phi) is 5.26. The Bertz CT molecular complexity index is 590. The zero-order chi connectivity index (χ0) is 15.2. The first-order valence-electron chi connectivity index (χ1n) is 7.70. The number of aryl methyl sites for hydroxylation is 1. The van der Waals surface area contributed by atoms with E-state index in [0.29, 0.717) is 12.2 Å². The first-order valence-corrected chi connectivity index (χ1v) is 7.70. The molecule has 2 heteroatoms. The zero-order valence-corrected chi connectivity index (χ0v) is 13.1. The highest BCUT2D eigenvalue weighted by atomic mass is 16.5. The summed E-state index contributed by atoms with van der Waals surface area (Å²) in [5, 5.41) is 9.85. The molecule has 0 fully saturated rings. The number of ether oxygens (including phenoxy) is 1. The van der Waals surface area contributed by atoms with E-state index in [-0.39, 0.29) is 6.10 Å². The van der Waals surface area contributed by atoms with Gasteiger partial charge in [-0.1, -0.05) is 44.2 Å². The Balaban J connectivity index is 2.13. The van der Waals surface area contributed by atoms with Gasteiger partial charge in [0, 0.05) is 6.42 Å². The van der Waals surface area contributed by atoms with E-state index in [1.165, 1.54) is 11.1 Å². The van der Waals surface area contributed by atoms with Crippen LogP contribution in [0.3, 0.4) is 0 Å². The molecule has 2 aromatic rings. The van der Waals surface area contributed by atoms with Crippen molar-refractivity contribution in [1.29, 1.82) is 0 Å². The molecule has 21 heavy (non-hydrogen) atoms. The fourth-order valence-electron chi connectivity index (χ4n) is 2.71. The Morgan fingerprint density at radius 3 is 2.33 bits per heavy atom. The average molecular weight is 284 g/mol. The number of rotatable bonds is 6. The van der Waals surface area contributed by atoms with Crippen LogP contribution < -0.4 is 4.74 Å². The molecular weight excluding hydrogens is 260 g/mol. The van der Waals surface area contributed by atoms with Crippen LogP contribution in [0.4, 0.5) is 0 Å². The molecule has 2 aromatic carbocycles. The predicted octanol–water partition coefficient (Wildman–Crippen LogP) is 4.53. The van der Waals surface area contributed by atoms with Crippen LogP contribution in [0.1, 0.15) is 37.5 Å². The van der Waals surface area contributed by atoms with Crippen LogP contribution in [0.25, 0.3) is 0 Å². The lowest BCUT2D eigenvalue weighted by Gasteiger charge is -2.19. The molecular formula is C19H24O2. The van der Waals surface area contributed by atoms with Gasteiger partial charge in [-0.15, -0.1) is 0 Å². The van der Waals surface area contributed by atoms with Gasteiger partial charge in [-0.05, 0) is 48.6 Å². The summed E-state index contributed by atoms with van der Waals surface area (Å²) in [6, 6.07) is 13.7. The molecule has 1 unspecified atom stereocenters. The molecule has 0 heterocycles. The fourth-order valence-corrected chi connectivity index (χ4v) is 2.71. The monoisotopic (exact) mass is 284 g/mol. The molecule has 112 valence electrons. The maximum atomic E-state index is 9.85. The normalized spacial score (nSPS) is 12.1. The van der Waals surface area contributed by atoms with E-state index in [0.717, 1.165) is 24.2 Å². The van der Waals surface area contributed by atoms with Crippen LogP contribution in [-0.2, 0) is 19.3 Å². The summed E-state index contributed by atoms with van der Waals surface area (Å²) in [7, 11) is 0. The van der Waals surface area contributed by atoms with Gasteiger partial charge in [-0.25, -0.2) is 0 Å². The van der Waals surface area contributed by atoms with Crippen molar-refractivity contribution < 1.29 is 9.84 Å². The molecule has 1 N–H and O–H groups in total. The number of aromatic hydroxyl groups is 1. The SMILES string of the molecule is CCc1cccc(OC(C)Cc2ccccc2O)c1CC. The summed E-state index contributed by atoms with van der Waals surface area (Å²) < 4.78 is 6.13. The minimum absolute atomic E-state index is 0.0238. The third-order valence-electron chi connectivity index (χ3n) is 3.79. The van der Waals surface area contributed by atoms with Crippen LogP contribution in [-0.4, -0.2) is 11.2 Å². The number of hydrogen-bond acceptors (Lipinski definition) is 2. The first kappa shape index (κ1) is 15.4. The number of hydrogen-bond donors (Lipinski definition) is 1. The van der Waals surface area contributed by atoms with Crippen LogP contribution in [0.15, 0.2) is 42.5 Å². The lowest BCUT2D eigenvalue weighted by atomic mass is 10.0. The molecule has 0 saturated heterocycles. The van der Waals surface area contributed by atoms with Gasteiger partial charge in [0.25, 0.3) is 0 Å². The van der Waals surface area contributed by atoms with Crippen molar-refractivity contribution in [3.05, 3.63) is 59.2 Å². The van der Waals surface area contributed by atoms with Gasteiger partial charge in [-0.3, -0.25) is 0 Å². The van der Waals surface area contributed by atoms with Crippen LogP contribution in [0.2, 0.25) is 0 Å². The smallest absolute Gasteiger partial charge is 0.123 e. The summed E-state index contributed by atoms with van der Waals surface area (Å²) in [5.74, 6) is 1.31. The highest BCUT2D eigenvalue weighted by Gasteiger charge is 2.12. The molecule has 0 aromatic heterocycles. The minimum atomic E-state index is 0.0238. The Labute approximate surface area is 127 Å². The summed E-state index contributed by atoms with van der Waals surface area (Å²) in [6.07, 6.45) is 2.72. The van der Waals surface area contributed by atoms with E-state index in [9.17, 15) is 5.11 Å². The number of benzene rings is 2. The number of para-hydroxylation sites is 1. The molecule has 0 aliphatic heterocycles. The molecule has 0 amide bonds. The molecule has 2 rings (SSSR count). The first-order chi connectivity index (χ1) is 10.2. The van der Waals surface area contributed by atoms with Crippen LogP contribution in [0.5, 0.6) is 11.5 Å². The quantitative estimate of drug-likeness (QED) is 0.844. The molecule has 1 atom stereocenters.